The first-order valence-corrected chi connectivity index (χ1v) is 8.79. The van der Waals surface area contributed by atoms with E-state index in [0.29, 0.717) is 24.3 Å². The molecule has 1 saturated heterocycles. The van der Waals surface area contributed by atoms with Gasteiger partial charge in [0.05, 0.1) is 28.1 Å². The molecule has 1 aliphatic heterocycles. The van der Waals surface area contributed by atoms with Crippen molar-refractivity contribution in [1.82, 2.24) is 0 Å². The number of benzene rings is 2. The smallest absolute Gasteiger partial charge is 0.272 e. The second-order valence-corrected chi connectivity index (χ2v) is 7.35. The van der Waals surface area contributed by atoms with Crippen molar-refractivity contribution in [2.75, 3.05) is 21.9 Å². The predicted octanol–water partition coefficient (Wildman–Crippen LogP) is 3.02. The van der Waals surface area contributed by atoms with E-state index in [1.165, 1.54) is 16.4 Å². The summed E-state index contributed by atoms with van der Waals surface area (Å²) in [5.74, 6) is -0.600. The summed E-state index contributed by atoms with van der Waals surface area (Å²) in [6, 6.07) is 9.85. The van der Waals surface area contributed by atoms with Crippen molar-refractivity contribution in [1.29, 1.82) is 0 Å². The molecule has 1 aliphatic rings. The normalized spacial score (nSPS) is 16.1. The Morgan fingerprint density at radius 1 is 1.17 bits per heavy atom. The van der Waals surface area contributed by atoms with Crippen LogP contribution in [0.5, 0.6) is 0 Å². The number of hydrogen-bond donors (Lipinski definition) is 1. The number of sulfonamides is 1. The van der Waals surface area contributed by atoms with E-state index in [2.05, 4.69) is 5.32 Å². The van der Waals surface area contributed by atoms with E-state index in [-0.39, 0.29) is 17.1 Å². The minimum atomic E-state index is -3.24. The molecule has 9 heteroatoms. The fourth-order valence-electron chi connectivity index (χ4n) is 2.52. The van der Waals surface area contributed by atoms with Gasteiger partial charge in [-0.2, -0.15) is 0 Å². The van der Waals surface area contributed by atoms with Gasteiger partial charge in [0.2, 0.25) is 10.0 Å². The minimum absolute atomic E-state index is 0.0992. The molecule has 7 nitrogen and oxygen atoms in total. The molecule has 2 aromatic rings. The predicted molar refractivity (Wildman–Crippen MR) is 88.5 cm³/mol. The molecule has 126 valence electrons. The molecular weight excluding hydrogens is 337 g/mol. The Morgan fingerprint density at radius 3 is 2.42 bits per heavy atom. The summed E-state index contributed by atoms with van der Waals surface area (Å²) in [4.78, 5) is 9.93. The summed E-state index contributed by atoms with van der Waals surface area (Å²) in [6.07, 6.45) is 0.594. The van der Waals surface area contributed by atoms with Crippen molar-refractivity contribution in [3.8, 4) is 0 Å². The Balaban J connectivity index is 1.79. The highest BCUT2D eigenvalue weighted by Crippen LogP contribution is 2.28. The second kappa shape index (κ2) is 6.08. The largest absolute Gasteiger partial charge is 0.353 e. The van der Waals surface area contributed by atoms with Gasteiger partial charge in [0.15, 0.2) is 5.82 Å². The van der Waals surface area contributed by atoms with Gasteiger partial charge in [-0.15, -0.1) is 0 Å². The number of nitro groups is 1. The molecule has 24 heavy (non-hydrogen) atoms. The molecule has 0 spiro atoms. The van der Waals surface area contributed by atoms with Crippen molar-refractivity contribution >= 4 is 32.8 Å². The molecule has 1 N–H and O–H groups in total. The highest BCUT2D eigenvalue weighted by molar-refractivity contribution is 7.93. The van der Waals surface area contributed by atoms with Crippen molar-refractivity contribution in [3.63, 3.8) is 0 Å². The van der Waals surface area contributed by atoms with Gasteiger partial charge in [-0.3, -0.25) is 14.4 Å². The van der Waals surface area contributed by atoms with E-state index in [1.54, 1.807) is 24.3 Å². The number of rotatable bonds is 4. The van der Waals surface area contributed by atoms with E-state index in [0.717, 1.165) is 6.07 Å². The summed E-state index contributed by atoms with van der Waals surface area (Å²) in [5, 5.41) is 13.4. The lowest BCUT2D eigenvalue weighted by Gasteiger charge is -2.17. The number of nitro benzene ring substituents is 1. The third kappa shape index (κ3) is 3.16. The molecule has 0 radical (unpaired) electrons. The highest BCUT2D eigenvalue weighted by Gasteiger charge is 2.28. The molecule has 0 amide bonds. The number of anilines is 3. The average Bonchev–Trinajstić information content (AvgIpc) is 2.89. The third-order valence-corrected chi connectivity index (χ3v) is 5.57. The standard InChI is InChI=1S/C15H14FN3O4S/c16-14-10-13(19(20)21)6-7-15(14)17-11-2-4-12(5-3-11)18-8-1-9-24(18,22)23/h2-7,10,17H,1,8-9H2. The summed E-state index contributed by atoms with van der Waals surface area (Å²) in [5.41, 5.74) is 0.875. The zero-order valence-electron chi connectivity index (χ0n) is 12.5. The van der Waals surface area contributed by atoms with Crippen LogP contribution in [0.4, 0.5) is 27.1 Å². The van der Waals surface area contributed by atoms with Crippen LogP contribution < -0.4 is 9.62 Å². The van der Waals surface area contributed by atoms with Crippen LogP contribution in [-0.4, -0.2) is 25.6 Å². The fraction of sp³-hybridized carbons (Fsp3) is 0.200. The highest BCUT2D eigenvalue weighted by atomic mass is 32.2. The first kappa shape index (κ1) is 16.2. The molecule has 1 heterocycles. The molecule has 1 fully saturated rings. The fourth-order valence-corrected chi connectivity index (χ4v) is 4.08. The number of non-ortho nitro benzene ring substituents is 1. The van der Waals surface area contributed by atoms with Gasteiger partial charge in [-0.25, -0.2) is 12.8 Å². The summed E-state index contributed by atoms with van der Waals surface area (Å²) >= 11 is 0. The number of nitrogens with one attached hydrogen (secondary N) is 1. The Kier molecular flexibility index (Phi) is 4.10. The van der Waals surface area contributed by atoms with Crippen molar-refractivity contribution < 1.29 is 17.7 Å². The quantitative estimate of drug-likeness (QED) is 0.675. The molecule has 0 bridgehead atoms. The third-order valence-electron chi connectivity index (χ3n) is 3.70. The molecule has 0 aromatic heterocycles. The van der Waals surface area contributed by atoms with Crippen LogP contribution >= 0.6 is 0 Å². The zero-order chi connectivity index (χ0) is 17.3. The van der Waals surface area contributed by atoms with E-state index in [1.807, 2.05) is 0 Å². The summed E-state index contributed by atoms with van der Waals surface area (Å²) < 4.78 is 39.0. The molecule has 0 aliphatic carbocycles. The van der Waals surface area contributed by atoms with Crippen LogP contribution in [0, 0.1) is 15.9 Å². The molecule has 3 rings (SSSR count). The Morgan fingerprint density at radius 2 is 1.88 bits per heavy atom. The molecule has 0 atom stereocenters. The molecular formula is C15H14FN3O4S. The molecule has 2 aromatic carbocycles. The van der Waals surface area contributed by atoms with Crippen LogP contribution in [-0.2, 0) is 10.0 Å². The van der Waals surface area contributed by atoms with E-state index < -0.39 is 20.8 Å². The molecule has 0 saturated carbocycles. The monoisotopic (exact) mass is 351 g/mol. The average molecular weight is 351 g/mol. The topological polar surface area (TPSA) is 92.6 Å². The van der Waals surface area contributed by atoms with Gasteiger partial charge >= 0.3 is 0 Å². The maximum Gasteiger partial charge on any atom is 0.272 e. The van der Waals surface area contributed by atoms with Gasteiger partial charge in [-0.1, -0.05) is 0 Å². The second-order valence-electron chi connectivity index (χ2n) is 5.33. The number of hydrogen-bond acceptors (Lipinski definition) is 5. The lowest BCUT2D eigenvalue weighted by atomic mass is 10.2. The van der Waals surface area contributed by atoms with Crippen molar-refractivity contribution in [2.45, 2.75) is 6.42 Å². The van der Waals surface area contributed by atoms with Gasteiger partial charge in [-0.05, 0) is 36.8 Å². The first-order chi connectivity index (χ1) is 11.4. The van der Waals surface area contributed by atoms with Crippen molar-refractivity contribution in [2.24, 2.45) is 0 Å². The lowest BCUT2D eigenvalue weighted by molar-refractivity contribution is -0.385. The summed E-state index contributed by atoms with van der Waals surface area (Å²) in [6.45, 7) is 0.450. The number of nitrogens with zero attached hydrogens (tertiary/aromatic N) is 2. The van der Waals surface area contributed by atoms with Gasteiger partial charge in [0, 0.05) is 18.3 Å². The van der Waals surface area contributed by atoms with Crippen LogP contribution in [0.15, 0.2) is 42.5 Å². The lowest BCUT2D eigenvalue weighted by Crippen LogP contribution is -2.24. The van der Waals surface area contributed by atoms with Gasteiger partial charge < -0.3 is 5.32 Å². The van der Waals surface area contributed by atoms with Crippen LogP contribution in [0.25, 0.3) is 0 Å². The van der Waals surface area contributed by atoms with Gasteiger partial charge in [0.25, 0.3) is 5.69 Å². The SMILES string of the molecule is O=[N+]([O-])c1ccc(Nc2ccc(N3CCCS3(=O)=O)cc2)c(F)c1. The molecule has 0 unspecified atom stereocenters. The van der Waals surface area contributed by atoms with Crippen LogP contribution in [0.1, 0.15) is 6.42 Å². The minimum Gasteiger partial charge on any atom is -0.353 e. The van der Waals surface area contributed by atoms with E-state index in [4.69, 9.17) is 0 Å². The first-order valence-electron chi connectivity index (χ1n) is 7.18. The van der Waals surface area contributed by atoms with Crippen LogP contribution in [0.2, 0.25) is 0 Å². The maximum absolute atomic E-state index is 13.9. The van der Waals surface area contributed by atoms with E-state index in [9.17, 15) is 22.9 Å². The maximum atomic E-state index is 13.9. The Hall–Kier alpha value is -2.68. The van der Waals surface area contributed by atoms with Crippen molar-refractivity contribution in [3.05, 3.63) is 58.4 Å². The summed E-state index contributed by atoms with van der Waals surface area (Å²) in [7, 11) is -3.24. The van der Waals surface area contributed by atoms with Gasteiger partial charge in [0.1, 0.15) is 0 Å². The van der Waals surface area contributed by atoms with Crippen LogP contribution in [0.3, 0.4) is 0 Å². The Labute approximate surface area is 137 Å². The Bertz CT molecular complexity index is 884. The zero-order valence-corrected chi connectivity index (χ0v) is 13.3. The van der Waals surface area contributed by atoms with E-state index >= 15 is 0 Å². The number of halogens is 1.